The van der Waals surface area contributed by atoms with Crippen molar-refractivity contribution in [3.8, 4) is 0 Å². The number of esters is 1. The van der Waals surface area contributed by atoms with Gasteiger partial charge in [-0.05, 0) is 25.1 Å². The Morgan fingerprint density at radius 3 is 2.67 bits per heavy atom. The lowest BCUT2D eigenvalue weighted by atomic mass is 10.1. The first kappa shape index (κ1) is 17.0. The highest BCUT2D eigenvalue weighted by atomic mass is 16.5. The monoisotopic (exact) mass is 295 g/mol. The predicted molar refractivity (Wildman–Crippen MR) is 77.2 cm³/mol. The Labute approximate surface area is 124 Å². The zero-order valence-electron chi connectivity index (χ0n) is 12.5. The van der Waals surface area contributed by atoms with Crippen molar-refractivity contribution in [3.05, 3.63) is 30.2 Å². The highest BCUT2D eigenvalue weighted by molar-refractivity contribution is 5.91. The van der Waals surface area contributed by atoms with Gasteiger partial charge in [0, 0.05) is 19.2 Å². The SMILES string of the molecule is COC(=O)C(C)CN(CC(C)O)C(=O)/C=C/c1ccco1. The van der Waals surface area contributed by atoms with Gasteiger partial charge in [-0.1, -0.05) is 6.92 Å². The fourth-order valence-corrected chi connectivity index (χ4v) is 1.82. The summed E-state index contributed by atoms with van der Waals surface area (Å²) in [5, 5.41) is 9.48. The maximum Gasteiger partial charge on any atom is 0.310 e. The van der Waals surface area contributed by atoms with Gasteiger partial charge in [0.25, 0.3) is 0 Å². The number of amides is 1. The smallest absolute Gasteiger partial charge is 0.310 e. The van der Waals surface area contributed by atoms with Crippen LogP contribution in [0.25, 0.3) is 6.08 Å². The summed E-state index contributed by atoms with van der Waals surface area (Å²) in [6.07, 6.45) is 3.72. The van der Waals surface area contributed by atoms with Crippen molar-refractivity contribution >= 4 is 18.0 Å². The van der Waals surface area contributed by atoms with Gasteiger partial charge in [-0.2, -0.15) is 0 Å². The Balaban J connectivity index is 2.71. The molecule has 0 aliphatic heterocycles. The molecule has 0 bridgehead atoms. The van der Waals surface area contributed by atoms with Gasteiger partial charge in [-0.25, -0.2) is 0 Å². The molecule has 0 aliphatic carbocycles. The number of aliphatic hydroxyl groups excluding tert-OH is 1. The predicted octanol–water partition coefficient (Wildman–Crippen LogP) is 1.31. The van der Waals surface area contributed by atoms with Crippen LogP contribution in [0.15, 0.2) is 28.9 Å². The fraction of sp³-hybridized carbons (Fsp3) is 0.467. The second kappa shape index (κ2) is 8.26. The van der Waals surface area contributed by atoms with Crippen LogP contribution in [-0.4, -0.2) is 48.2 Å². The van der Waals surface area contributed by atoms with E-state index in [9.17, 15) is 14.7 Å². The lowest BCUT2D eigenvalue weighted by Crippen LogP contribution is -2.40. The maximum absolute atomic E-state index is 12.2. The summed E-state index contributed by atoms with van der Waals surface area (Å²) >= 11 is 0. The summed E-state index contributed by atoms with van der Waals surface area (Å²) < 4.78 is 9.74. The lowest BCUT2D eigenvalue weighted by Gasteiger charge is -2.25. The van der Waals surface area contributed by atoms with Crippen molar-refractivity contribution in [3.63, 3.8) is 0 Å². The van der Waals surface area contributed by atoms with E-state index in [1.807, 2.05) is 0 Å². The number of rotatable bonds is 7. The van der Waals surface area contributed by atoms with E-state index in [4.69, 9.17) is 4.42 Å². The minimum Gasteiger partial charge on any atom is -0.469 e. The van der Waals surface area contributed by atoms with Gasteiger partial charge in [0.05, 0.1) is 25.4 Å². The minimum absolute atomic E-state index is 0.142. The maximum atomic E-state index is 12.2. The van der Waals surface area contributed by atoms with Crippen molar-refractivity contribution in [1.29, 1.82) is 0 Å². The molecule has 1 aromatic rings. The van der Waals surface area contributed by atoms with E-state index >= 15 is 0 Å². The summed E-state index contributed by atoms with van der Waals surface area (Å²) in [4.78, 5) is 25.0. The van der Waals surface area contributed by atoms with E-state index in [1.54, 1.807) is 32.1 Å². The van der Waals surface area contributed by atoms with Gasteiger partial charge >= 0.3 is 5.97 Å². The molecule has 0 fully saturated rings. The van der Waals surface area contributed by atoms with Crippen LogP contribution in [0.3, 0.4) is 0 Å². The number of carbonyl (C=O) groups is 2. The second-order valence-corrected chi connectivity index (χ2v) is 4.87. The van der Waals surface area contributed by atoms with E-state index in [0.717, 1.165) is 0 Å². The Morgan fingerprint density at radius 1 is 1.43 bits per heavy atom. The number of nitrogens with zero attached hydrogens (tertiary/aromatic N) is 1. The van der Waals surface area contributed by atoms with Crippen molar-refractivity contribution in [2.45, 2.75) is 20.0 Å². The van der Waals surface area contributed by atoms with Crippen molar-refractivity contribution < 1.29 is 23.8 Å². The number of furan rings is 1. The third kappa shape index (κ3) is 5.83. The minimum atomic E-state index is -0.684. The second-order valence-electron chi connectivity index (χ2n) is 4.87. The number of ether oxygens (including phenoxy) is 1. The highest BCUT2D eigenvalue weighted by Gasteiger charge is 2.21. The number of hydrogen-bond donors (Lipinski definition) is 1. The molecule has 1 heterocycles. The van der Waals surface area contributed by atoms with Gasteiger partial charge < -0.3 is 19.2 Å². The molecule has 116 valence electrons. The molecule has 2 atom stereocenters. The molecule has 0 radical (unpaired) electrons. The standard InChI is InChI=1S/C15H21NO5/c1-11(15(19)20-3)9-16(10-12(2)17)14(18)7-6-13-5-4-8-21-13/h4-8,11-12,17H,9-10H2,1-3H3/b7-6+. The van der Waals surface area contributed by atoms with Crippen LogP contribution in [0.4, 0.5) is 0 Å². The zero-order chi connectivity index (χ0) is 15.8. The summed E-state index contributed by atoms with van der Waals surface area (Å²) in [6, 6.07) is 3.44. The first-order chi connectivity index (χ1) is 9.93. The zero-order valence-corrected chi connectivity index (χ0v) is 12.5. The van der Waals surface area contributed by atoms with Crippen LogP contribution in [0, 0.1) is 5.92 Å². The van der Waals surface area contributed by atoms with Crippen LogP contribution >= 0.6 is 0 Å². The van der Waals surface area contributed by atoms with Crippen LogP contribution in [0.1, 0.15) is 19.6 Å². The first-order valence-electron chi connectivity index (χ1n) is 6.70. The molecular formula is C15H21NO5. The molecule has 21 heavy (non-hydrogen) atoms. The number of aliphatic hydroxyl groups is 1. The summed E-state index contributed by atoms with van der Waals surface area (Å²) in [5.74, 6) is -0.604. The number of carbonyl (C=O) groups excluding carboxylic acids is 2. The number of methoxy groups -OCH3 is 1. The van der Waals surface area contributed by atoms with E-state index in [2.05, 4.69) is 4.74 Å². The van der Waals surface area contributed by atoms with Crippen LogP contribution in [0.2, 0.25) is 0 Å². The Kier molecular flexibility index (Phi) is 6.68. The molecule has 0 saturated carbocycles. The van der Waals surface area contributed by atoms with E-state index in [0.29, 0.717) is 5.76 Å². The molecule has 1 rings (SSSR count). The summed E-state index contributed by atoms with van der Waals surface area (Å²) in [5.41, 5.74) is 0. The Morgan fingerprint density at radius 2 is 2.14 bits per heavy atom. The highest BCUT2D eigenvalue weighted by Crippen LogP contribution is 2.07. The molecule has 1 N–H and O–H groups in total. The van der Waals surface area contributed by atoms with Crippen LogP contribution < -0.4 is 0 Å². The Hall–Kier alpha value is -2.08. The van der Waals surface area contributed by atoms with E-state index in [1.165, 1.54) is 24.3 Å². The molecule has 1 aromatic heterocycles. The molecule has 0 aromatic carbocycles. The van der Waals surface area contributed by atoms with Gasteiger partial charge in [-0.15, -0.1) is 0 Å². The lowest BCUT2D eigenvalue weighted by molar-refractivity contribution is -0.146. The molecule has 2 unspecified atom stereocenters. The van der Waals surface area contributed by atoms with Crippen LogP contribution in [-0.2, 0) is 14.3 Å². The fourth-order valence-electron chi connectivity index (χ4n) is 1.82. The van der Waals surface area contributed by atoms with Crippen molar-refractivity contribution in [2.75, 3.05) is 20.2 Å². The first-order valence-corrected chi connectivity index (χ1v) is 6.70. The van der Waals surface area contributed by atoms with Crippen molar-refractivity contribution in [1.82, 2.24) is 4.90 Å². The van der Waals surface area contributed by atoms with Gasteiger partial charge in [0.2, 0.25) is 5.91 Å². The summed E-state index contributed by atoms with van der Waals surface area (Å²) in [6.45, 7) is 3.57. The molecular weight excluding hydrogens is 274 g/mol. The summed E-state index contributed by atoms with van der Waals surface area (Å²) in [7, 11) is 1.30. The van der Waals surface area contributed by atoms with E-state index < -0.39 is 18.0 Å². The molecule has 0 saturated heterocycles. The topological polar surface area (TPSA) is 80.0 Å². The molecule has 6 heteroatoms. The molecule has 0 aliphatic rings. The van der Waals surface area contributed by atoms with Gasteiger partial charge in [-0.3, -0.25) is 9.59 Å². The largest absolute Gasteiger partial charge is 0.469 e. The molecule has 1 amide bonds. The van der Waals surface area contributed by atoms with Crippen LogP contribution in [0.5, 0.6) is 0 Å². The normalized spacial score (nSPS) is 13.9. The number of hydrogen-bond acceptors (Lipinski definition) is 5. The molecule has 6 nitrogen and oxygen atoms in total. The quantitative estimate of drug-likeness (QED) is 0.606. The Bertz CT molecular complexity index is 478. The van der Waals surface area contributed by atoms with Gasteiger partial charge in [0.1, 0.15) is 5.76 Å². The van der Waals surface area contributed by atoms with Gasteiger partial charge in [0.15, 0.2) is 0 Å². The molecule has 0 spiro atoms. The van der Waals surface area contributed by atoms with E-state index in [-0.39, 0.29) is 19.0 Å². The van der Waals surface area contributed by atoms with Crippen molar-refractivity contribution in [2.24, 2.45) is 5.92 Å². The average Bonchev–Trinajstić information content (AvgIpc) is 2.95. The average molecular weight is 295 g/mol. The third-order valence-electron chi connectivity index (χ3n) is 2.83. The third-order valence-corrected chi connectivity index (χ3v) is 2.83.